The molecule has 1 saturated carbocycles. The maximum absolute atomic E-state index is 10.8. The van der Waals surface area contributed by atoms with Crippen LogP contribution in [0.15, 0.2) is 18.2 Å². The maximum Gasteiger partial charge on any atom is 0.124 e. The lowest BCUT2D eigenvalue weighted by Crippen LogP contribution is -2.11. The van der Waals surface area contributed by atoms with Crippen LogP contribution in [0.4, 0.5) is 0 Å². The highest BCUT2D eigenvalue weighted by atomic mass is 16.1. The Morgan fingerprint density at radius 1 is 1.31 bits per heavy atom. The van der Waals surface area contributed by atoms with Crippen LogP contribution in [0.5, 0.6) is 0 Å². The lowest BCUT2D eigenvalue weighted by Gasteiger charge is -2.20. The van der Waals surface area contributed by atoms with E-state index in [1.54, 1.807) is 0 Å². The Bertz CT molecular complexity index is 453. The van der Waals surface area contributed by atoms with Gasteiger partial charge in [-0.05, 0) is 40.4 Å². The van der Waals surface area contributed by atoms with Crippen molar-refractivity contribution in [1.82, 2.24) is 0 Å². The normalized spacial score (nSPS) is 30.8. The van der Waals surface area contributed by atoms with Crippen LogP contribution >= 0.6 is 0 Å². The number of rotatable bonds is 1. The van der Waals surface area contributed by atoms with Gasteiger partial charge < -0.3 is 4.79 Å². The van der Waals surface area contributed by atoms with Gasteiger partial charge in [0.1, 0.15) is 6.29 Å². The first-order valence-corrected chi connectivity index (χ1v) is 6.11. The molecule has 0 amide bonds. The third kappa shape index (κ3) is 1.27. The number of benzene rings is 1. The molecule has 0 aromatic heterocycles. The van der Waals surface area contributed by atoms with E-state index in [0.717, 1.165) is 12.7 Å². The molecule has 1 heteroatoms. The second kappa shape index (κ2) is 2.97. The van der Waals surface area contributed by atoms with E-state index in [1.165, 1.54) is 16.7 Å². The van der Waals surface area contributed by atoms with Crippen LogP contribution in [0.2, 0.25) is 0 Å². The topological polar surface area (TPSA) is 17.1 Å². The molecule has 84 valence electrons. The molecular weight excluding hydrogens is 196 g/mol. The van der Waals surface area contributed by atoms with E-state index in [0.29, 0.717) is 17.8 Å². The summed E-state index contributed by atoms with van der Waals surface area (Å²) in [7, 11) is 0. The Morgan fingerprint density at radius 3 is 2.69 bits per heavy atom. The Kier molecular flexibility index (Phi) is 1.87. The smallest absolute Gasteiger partial charge is 0.124 e. The van der Waals surface area contributed by atoms with Crippen LogP contribution in [-0.4, -0.2) is 6.29 Å². The van der Waals surface area contributed by atoms with Gasteiger partial charge in [0.15, 0.2) is 0 Å². The molecule has 0 heterocycles. The fourth-order valence-electron chi connectivity index (χ4n) is 3.12. The van der Waals surface area contributed by atoms with Gasteiger partial charge in [-0.2, -0.15) is 0 Å². The van der Waals surface area contributed by atoms with E-state index in [1.807, 2.05) is 0 Å². The highest BCUT2D eigenvalue weighted by Crippen LogP contribution is 2.60. The molecule has 1 fully saturated rings. The second-order valence-corrected chi connectivity index (χ2v) is 6.27. The van der Waals surface area contributed by atoms with Gasteiger partial charge in [0.25, 0.3) is 0 Å². The second-order valence-electron chi connectivity index (χ2n) is 6.27. The zero-order chi connectivity index (χ0) is 11.5. The quantitative estimate of drug-likeness (QED) is 0.657. The van der Waals surface area contributed by atoms with E-state index >= 15 is 0 Å². The lowest BCUT2D eigenvalue weighted by molar-refractivity contribution is -0.109. The Hall–Kier alpha value is -1.11. The third-order valence-corrected chi connectivity index (χ3v) is 4.21. The highest BCUT2D eigenvalue weighted by Gasteiger charge is 2.55. The molecule has 0 saturated heterocycles. The minimum absolute atomic E-state index is 0.228. The van der Waals surface area contributed by atoms with Gasteiger partial charge in [0, 0.05) is 5.92 Å². The molecule has 3 atom stereocenters. The van der Waals surface area contributed by atoms with Gasteiger partial charge in [0.05, 0.1) is 0 Å². The summed E-state index contributed by atoms with van der Waals surface area (Å²) < 4.78 is 0. The van der Waals surface area contributed by atoms with Crippen LogP contribution in [0.3, 0.4) is 0 Å². The number of aldehydes is 1. The minimum Gasteiger partial charge on any atom is -0.303 e. The molecule has 0 unspecified atom stereocenters. The number of hydrogen-bond donors (Lipinski definition) is 0. The molecule has 1 aromatic rings. The van der Waals surface area contributed by atoms with Crippen LogP contribution in [-0.2, 0) is 16.6 Å². The molecule has 0 bridgehead atoms. The zero-order valence-electron chi connectivity index (χ0n) is 10.2. The van der Waals surface area contributed by atoms with Gasteiger partial charge in [-0.25, -0.2) is 0 Å². The Labute approximate surface area is 96.9 Å². The van der Waals surface area contributed by atoms with Crippen molar-refractivity contribution in [2.45, 2.75) is 38.5 Å². The summed E-state index contributed by atoms with van der Waals surface area (Å²) in [5.41, 5.74) is 4.57. The molecule has 3 rings (SSSR count). The summed E-state index contributed by atoms with van der Waals surface area (Å²) >= 11 is 0. The molecule has 2 aliphatic rings. The van der Waals surface area contributed by atoms with Gasteiger partial charge in [0.2, 0.25) is 0 Å². The summed E-state index contributed by atoms with van der Waals surface area (Å²) in [6.45, 7) is 6.75. The zero-order valence-corrected chi connectivity index (χ0v) is 10.2. The van der Waals surface area contributed by atoms with E-state index in [4.69, 9.17) is 0 Å². The molecule has 1 aromatic carbocycles. The first-order chi connectivity index (χ1) is 7.52. The van der Waals surface area contributed by atoms with Crippen molar-refractivity contribution in [3.05, 3.63) is 34.9 Å². The van der Waals surface area contributed by atoms with Crippen molar-refractivity contribution in [2.24, 2.45) is 11.8 Å². The lowest BCUT2D eigenvalue weighted by atomic mass is 9.85. The predicted octanol–water partition coefficient (Wildman–Crippen LogP) is 3.07. The van der Waals surface area contributed by atoms with Crippen LogP contribution < -0.4 is 0 Å². The highest BCUT2D eigenvalue weighted by molar-refractivity contribution is 5.66. The largest absolute Gasteiger partial charge is 0.303 e. The van der Waals surface area contributed by atoms with Gasteiger partial charge in [-0.15, -0.1) is 0 Å². The van der Waals surface area contributed by atoms with Crippen molar-refractivity contribution in [1.29, 1.82) is 0 Å². The standard InChI is InChI=1S/C15H18O/c1-15(2,3)10-4-5-11-9(6-10)7-12-13(8-16)14(11)12/h4-6,8,12-14H,7H2,1-3H3/t12-,13-,14-/m1/s1. The maximum atomic E-state index is 10.8. The molecular formula is C15H18O. The summed E-state index contributed by atoms with van der Waals surface area (Å²) in [6.07, 6.45) is 2.27. The van der Waals surface area contributed by atoms with Crippen molar-refractivity contribution in [2.75, 3.05) is 0 Å². The predicted molar refractivity (Wildman–Crippen MR) is 64.6 cm³/mol. The summed E-state index contributed by atoms with van der Waals surface area (Å²) in [5, 5.41) is 0. The van der Waals surface area contributed by atoms with E-state index in [-0.39, 0.29) is 5.41 Å². The number of carbonyl (C=O) groups excluding carboxylic acids is 1. The van der Waals surface area contributed by atoms with Crippen molar-refractivity contribution >= 4 is 6.29 Å². The van der Waals surface area contributed by atoms with Gasteiger partial charge in [-0.3, -0.25) is 0 Å². The molecule has 1 nitrogen and oxygen atoms in total. The number of fused-ring (bicyclic) bond motifs is 3. The van der Waals surface area contributed by atoms with E-state index in [9.17, 15) is 4.79 Å². The average molecular weight is 214 g/mol. The molecule has 0 radical (unpaired) electrons. The first-order valence-electron chi connectivity index (χ1n) is 6.11. The van der Waals surface area contributed by atoms with Crippen LogP contribution in [0.25, 0.3) is 0 Å². The average Bonchev–Trinajstić information content (AvgIpc) is 2.77. The van der Waals surface area contributed by atoms with Crippen LogP contribution in [0, 0.1) is 11.8 Å². The SMILES string of the molecule is CC(C)(C)c1ccc2c(c1)C[C@@H]1[C@@H](C=O)[C@H]21. The molecule has 2 aliphatic carbocycles. The first kappa shape index (κ1) is 10.1. The van der Waals surface area contributed by atoms with Gasteiger partial charge in [-0.1, -0.05) is 39.0 Å². The summed E-state index contributed by atoms with van der Waals surface area (Å²) in [5.74, 6) is 1.51. The number of carbonyl (C=O) groups is 1. The van der Waals surface area contributed by atoms with E-state index in [2.05, 4.69) is 39.0 Å². The van der Waals surface area contributed by atoms with Crippen molar-refractivity contribution in [3.63, 3.8) is 0 Å². The third-order valence-electron chi connectivity index (χ3n) is 4.21. The Morgan fingerprint density at radius 2 is 2.06 bits per heavy atom. The fraction of sp³-hybridized carbons (Fsp3) is 0.533. The molecule has 0 aliphatic heterocycles. The van der Waals surface area contributed by atoms with Gasteiger partial charge >= 0.3 is 0 Å². The Balaban J connectivity index is 1.97. The summed E-state index contributed by atoms with van der Waals surface area (Å²) in [4.78, 5) is 10.8. The fourth-order valence-corrected chi connectivity index (χ4v) is 3.12. The minimum atomic E-state index is 0.228. The molecule has 0 N–H and O–H groups in total. The van der Waals surface area contributed by atoms with Crippen molar-refractivity contribution < 1.29 is 4.79 Å². The molecule has 0 spiro atoms. The monoisotopic (exact) mass is 214 g/mol. The number of hydrogen-bond acceptors (Lipinski definition) is 1. The molecule has 16 heavy (non-hydrogen) atoms. The van der Waals surface area contributed by atoms with Crippen LogP contribution in [0.1, 0.15) is 43.4 Å². The van der Waals surface area contributed by atoms with E-state index < -0.39 is 0 Å². The van der Waals surface area contributed by atoms with Crippen molar-refractivity contribution in [3.8, 4) is 0 Å². The summed E-state index contributed by atoms with van der Waals surface area (Å²) in [6, 6.07) is 6.84.